The van der Waals surface area contributed by atoms with Crippen LogP contribution in [0.2, 0.25) is 0 Å². The second kappa shape index (κ2) is 2.66. The molecule has 0 radical (unpaired) electrons. The Balaban J connectivity index is 3.59. The van der Waals surface area contributed by atoms with E-state index in [0.29, 0.717) is 4.64 Å². The van der Waals surface area contributed by atoms with Gasteiger partial charge in [-0.25, -0.2) is 0 Å². The topological polar surface area (TPSA) is 25.2 Å². The van der Waals surface area contributed by atoms with Crippen molar-refractivity contribution in [2.24, 2.45) is 7.05 Å². The molecule has 0 spiro atoms. The zero-order chi connectivity index (χ0) is 8.59. The third-order valence-electron chi connectivity index (χ3n) is 1.95. The Labute approximate surface area is 71.1 Å². The Morgan fingerprint density at radius 2 is 2.00 bits per heavy atom. The second-order valence-electron chi connectivity index (χ2n) is 2.66. The van der Waals surface area contributed by atoms with Crippen LogP contribution >= 0.6 is 12.2 Å². The van der Waals surface area contributed by atoms with Gasteiger partial charge in [0, 0.05) is 12.7 Å². The summed E-state index contributed by atoms with van der Waals surface area (Å²) in [6.07, 6.45) is 0. The van der Waals surface area contributed by atoms with Gasteiger partial charge < -0.3 is 9.67 Å². The highest BCUT2D eigenvalue weighted by molar-refractivity contribution is 7.71. The molecule has 1 aromatic rings. The van der Waals surface area contributed by atoms with E-state index in [1.165, 1.54) is 0 Å². The Morgan fingerprint density at radius 1 is 1.45 bits per heavy atom. The highest BCUT2D eigenvalue weighted by atomic mass is 32.1. The Bertz CT molecular complexity index is 341. The molecule has 0 aliphatic rings. The van der Waals surface area contributed by atoms with E-state index in [1.54, 1.807) is 10.6 Å². The molecule has 0 fully saturated rings. The van der Waals surface area contributed by atoms with Crippen molar-refractivity contribution in [2.75, 3.05) is 0 Å². The van der Waals surface area contributed by atoms with Gasteiger partial charge in [0.25, 0.3) is 0 Å². The Morgan fingerprint density at radius 3 is 2.55 bits per heavy atom. The molecule has 1 rings (SSSR count). The van der Waals surface area contributed by atoms with Crippen LogP contribution in [0.25, 0.3) is 0 Å². The van der Waals surface area contributed by atoms with E-state index in [2.05, 4.69) is 0 Å². The standard InChI is InChI=1S/C8H11NOS/c1-5-4-7(10)8(11)9(3)6(5)2/h4,10H,1-3H3. The molecule has 60 valence electrons. The minimum atomic E-state index is 0.186. The Kier molecular flexibility index (Phi) is 2.00. The summed E-state index contributed by atoms with van der Waals surface area (Å²) in [6, 6.07) is 1.69. The third kappa shape index (κ3) is 1.28. The van der Waals surface area contributed by atoms with Gasteiger partial charge in [0.05, 0.1) is 0 Å². The fourth-order valence-electron chi connectivity index (χ4n) is 0.960. The summed E-state index contributed by atoms with van der Waals surface area (Å²) < 4.78 is 2.30. The molecule has 1 N–H and O–H groups in total. The molecule has 0 bridgehead atoms. The molecule has 11 heavy (non-hydrogen) atoms. The zero-order valence-electron chi connectivity index (χ0n) is 6.88. The third-order valence-corrected chi connectivity index (χ3v) is 2.43. The van der Waals surface area contributed by atoms with Gasteiger partial charge in [0.1, 0.15) is 4.64 Å². The number of rotatable bonds is 0. The quantitative estimate of drug-likeness (QED) is 0.601. The summed E-state index contributed by atoms with van der Waals surface area (Å²) >= 11 is 4.95. The van der Waals surface area contributed by atoms with E-state index < -0.39 is 0 Å². The van der Waals surface area contributed by atoms with Crippen LogP contribution in [-0.4, -0.2) is 9.67 Å². The van der Waals surface area contributed by atoms with E-state index in [9.17, 15) is 5.11 Å². The average Bonchev–Trinajstić information content (AvgIpc) is 1.97. The van der Waals surface area contributed by atoms with Crippen LogP contribution in [-0.2, 0) is 7.05 Å². The summed E-state index contributed by atoms with van der Waals surface area (Å²) in [5, 5.41) is 9.28. The number of hydrogen-bond donors (Lipinski definition) is 1. The van der Waals surface area contributed by atoms with Crippen LogP contribution in [0.3, 0.4) is 0 Å². The van der Waals surface area contributed by atoms with Crippen LogP contribution < -0.4 is 0 Å². The van der Waals surface area contributed by atoms with Crippen molar-refractivity contribution >= 4 is 12.2 Å². The predicted molar refractivity (Wildman–Crippen MR) is 47.4 cm³/mol. The van der Waals surface area contributed by atoms with Gasteiger partial charge in [-0.1, -0.05) is 12.2 Å². The molecular formula is C8H11NOS. The van der Waals surface area contributed by atoms with Crippen molar-refractivity contribution in [3.8, 4) is 5.75 Å². The van der Waals surface area contributed by atoms with Gasteiger partial charge >= 0.3 is 0 Å². The number of nitrogens with zero attached hydrogens (tertiary/aromatic N) is 1. The van der Waals surface area contributed by atoms with E-state index >= 15 is 0 Å². The maximum Gasteiger partial charge on any atom is 0.150 e. The lowest BCUT2D eigenvalue weighted by atomic mass is 10.2. The van der Waals surface area contributed by atoms with Crippen molar-refractivity contribution in [2.45, 2.75) is 13.8 Å². The lowest BCUT2D eigenvalue weighted by Gasteiger charge is -2.08. The number of aromatic hydroxyl groups is 1. The van der Waals surface area contributed by atoms with Crippen molar-refractivity contribution in [3.63, 3.8) is 0 Å². The molecule has 0 aromatic carbocycles. The predicted octanol–water partition coefficient (Wildman–Crippen LogP) is 2.08. The maximum absolute atomic E-state index is 9.28. The highest BCUT2D eigenvalue weighted by Crippen LogP contribution is 2.16. The summed E-state index contributed by atoms with van der Waals surface area (Å²) in [5.74, 6) is 0.186. The lowest BCUT2D eigenvalue weighted by molar-refractivity contribution is 0.464. The van der Waals surface area contributed by atoms with Gasteiger partial charge in [-0.05, 0) is 25.5 Å². The van der Waals surface area contributed by atoms with E-state index in [1.807, 2.05) is 20.9 Å². The molecule has 0 aliphatic heterocycles. The highest BCUT2D eigenvalue weighted by Gasteiger charge is 2.00. The average molecular weight is 169 g/mol. The molecule has 0 atom stereocenters. The van der Waals surface area contributed by atoms with Crippen molar-refractivity contribution in [1.29, 1.82) is 0 Å². The molecule has 3 heteroatoms. The van der Waals surface area contributed by atoms with Crippen molar-refractivity contribution in [1.82, 2.24) is 4.57 Å². The van der Waals surface area contributed by atoms with E-state index in [0.717, 1.165) is 11.3 Å². The first-order valence-corrected chi connectivity index (χ1v) is 3.81. The monoisotopic (exact) mass is 169 g/mol. The number of hydrogen-bond acceptors (Lipinski definition) is 2. The molecule has 2 nitrogen and oxygen atoms in total. The molecule has 0 amide bonds. The zero-order valence-corrected chi connectivity index (χ0v) is 7.70. The smallest absolute Gasteiger partial charge is 0.150 e. The van der Waals surface area contributed by atoms with E-state index in [4.69, 9.17) is 12.2 Å². The fourth-order valence-corrected chi connectivity index (χ4v) is 1.16. The van der Waals surface area contributed by atoms with Gasteiger partial charge in [-0.15, -0.1) is 0 Å². The second-order valence-corrected chi connectivity index (χ2v) is 3.05. The summed E-state index contributed by atoms with van der Waals surface area (Å²) in [4.78, 5) is 0. The fraction of sp³-hybridized carbons (Fsp3) is 0.375. The summed E-state index contributed by atoms with van der Waals surface area (Å²) in [7, 11) is 1.85. The first kappa shape index (κ1) is 8.27. The van der Waals surface area contributed by atoms with Crippen LogP contribution in [0.4, 0.5) is 0 Å². The number of aromatic nitrogens is 1. The van der Waals surface area contributed by atoms with Crippen LogP contribution in [0.1, 0.15) is 11.3 Å². The van der Waals surface area contributed by atoms with Gasteiger partial charge in [0.15, 0.2) is 5.75 Å². The van der Waals surface area contributed by atoms with Gasteiger partial charge in [-0.2, -0.15) is 0 Å². The summed E-state index contributed by atoms with van der Waals surface area (Å²) in [5.41, 5.74) is 2.14. The first-order valence-electron chi connectivity index (χ1n) is 3.40. The summed E-state index contributed by atoms with van der Waals surface area (Å²) in [6.45, 7) is 3.92. The minimum Gasteiger partial charge on any atom is -0.505 e. The molecule has 1 aromatic heterocycles. The normalized spacial score (nSPS) is 10.1. The molecule has 0 aliphatic carbocycles. The maximum atomic E-state index is 9.28. The first-order chi connectivity index (χ1) is 5.04. The van der Waals surface area contributed by atoms with Gasteiger partial charge in [0.2, 0.25) is 0 Å². The Hall–Kier alpha value is -0.830. The molecular weight excluding hydrogens is 158 g/mol. The van der Waals surface area contributed by atoms with Gasteiger partial charge in [-0.3, -0.25) is 0 Å². The van der Waals surface area contributed by atoms with Crippen LogP contribution in [0.5, 0.6) is 5.75 Å². The minimum absolute atomic E-state index is 0.186. The van der Waals surface area contributed by atoms with E-state index in [-0.39, 0.29) is 5.75 Å². The lowest BCUT2D eigenvalue weighted by Crippen LogP contribution is -1.99. The largest absolute Gasteiger partial charge is 0.505 e. The number of pyridine rings is 1. The van der Waals surface area contributed by atoms with Crippen molar-refractivity contribution < 1.29 is 5.11 Å². The molecule has 0 saturated carbocycles. The van der Waals surface area contributed by atoms with Crippen LogP contribution in [0.15, 0.2) is 6.07 Å². The molecule has 0 saturated heterocycles. The molecule has 0 unspecified atom stereocenters. The molecule has 1 heterocycles. The number of aryl methyl sites for hydroxylation is 1. The van der Waals surface area contributed by atoms with Crippen molar-refractivity contribution in [3.05, 3.63) is 22.0 Å². The SMILES string of the molecule is Cc1cc(O)c(=S)n(C)c1C. The van der Waals surface area contributed by atoms with Crippen LogP contribution in [0, 0.1) is 18.5 Å².